The molecule has 1 saturated carbocycles. The fraction of sp³-hybridized carbons (Fsp3) is 0.312. The zero-order valence-corrected chi connectivity index (χ0v) is 12.4. The van der Waals surface area contributed by atoms with E-state index in [0.717, 1.165) is 17.7 Å². The molecule has 1 fully saturated rings. The topological polar surface area (TPSA) is 53.1 Å². The van der Waals surface area contributed by atoms with Crippen LogP contribution in [0.4, 0.5) is 5.69 Å². The first-order valence-corrected chi connectivity index (χ1v) is 7.82. The first-order chi connectivity index (χ1) is 9.65. The summed E-state index contributed by atoms with van der Waals surface area (Å²) in [5, 5.41) is 11.9. The van der Waals surface area contributed by atoms with Crippen LogP contribution in [0.15, 0.2) is 35.0 Å². The van der Waals surface area contributed by atoms with E-state index in [2.05, 4.69) is 33.9 Å². The predicted molar refractivity (Wildman–Crippen MR) is 85.7 cm³/mol. The third-order valence-electron chi connectivity index (χ3n) is 3.75. The predicted octanol–water partition coefficient (Wildman–Crippen LogP) is 3.51. The van der Waals surface area contributed by atoms with Gasteiger partial charge < -0.3 is 10.6 Å². The molecule has 1 aromatic carbocycles. The van der Waals surface area contributed by atoms with Gasteiger partial charge in [0.2, 0.25) is 0 Å². The Kier molecular flexibility index (Phi) is 3.49. The molecule has 1 aliphatic rings. The Hall–Kier alpha value is -1.81. The van der Waals surface area contributed by atoms with Crippen molar-refractivity contribution in [2.75, 3.05) is 4.90 Å². The fourth-order valence-electron chi connectivity index (χ4n) is 2.53. The number of hydrogen-bond acceptors (Lipinski definition) is 3. The SMILES string of the molecule is Cc1cc(N(Cc2ccsc2)C2CC2)ccc1C(=N)N. The van der Waals surface area contributed by atoms with Gasteiger partial charge in [-0.2, -0.15) is 11.3 Å². The summed E-state index contributed by atoms with van der Waals surface area (Å²) in [4.78, 5) is 2.47. The van der Waals surface area contributed by atoms with E-state index in [1.807, 2.05) is 13.0 Å². The zero-order chi connectivity index (χ0) is 14.1. The van der Waals surface area contributed by atoms with Crippen LogP contribution in [0.3, 0.4) is 0 Å². The van der Waals surface area contributed by atoms with Crippen LogP contribution in [0.1, 0.15) is 29.5 Å². The van der Waals surface area contributed by atoms with Gasteiger partial charge >= 0.3 is 0 Å². The third kappa shape index (κ3) is 2.70. The van der Waals surface area contributed by atoms with Crippen molar-refractivity contribution in [1.82, 2.24) is 0 Å². The molecule has 1 heterocycles. The van der Waals surface area contributed by atoms with Gasteiger partial charge in [0.25, 0.3) is 0 Å². The number of benzene rings is 1. The molecule has 3 N–H and O–H groups in total. The third-order valence-corrected chi connectivity index (χ3v) is 4.48. The van der Waals surface area contributed by atoms with Gasteiger partial charge in [-0.15, -0.1) is 0 Å². The minimum absolute atomic E-state index is 0.143. The molecule has 104 valence electrons. The largest absolute Gasteiger partial charge is 0.384 e. The number of thiophene rings is 1. The second-order valence-corrected chi connectivity index (χ2v) is 6.18. The molecule has 1 aliphatic carbocycles. The van der Waals surface area contributed by atoms with Crippen molar-refractivity contribution in [3.63, 3.8) is 0 Å². The molecule has 0 amide bonds. The Bertz CT molecular complexity index is 615. The monoisotopic (exact) mass is 285 g/mol. The zero-order valence-electron chi connectivity index (χ0n) is 11.6. The first-order valence-electron chi connectivity index (χ1n) is 6.88. The Morgan fingerprint density at radius 3 is 2.75 bits per heavy atom. The maximum Gasteiger partial charge on any atom is 0.123 e. The van der Waals surface area contributed by atoms with Gasteiger partial charge in [0.05, 0.1) is 0 Å². The summed E-state index contributed by atoms with van der Waals surface area (Å²) in [5.41, 5.74) is 10.1. The lowest BCUT2D eigenvalue weighted by molar-refractivity contribution is 0.796. The number of aryl methyl sites for hydroxylation is 1. The van der Waals surface area contributed by atoms with Crippen molar-refractivity contribution < 1.29 is 0 Å². The number of nitrogen functional groups attached to an aromatic ring is 1. The van der Waals surface area contributed by atoms with Crippen LogP contribution in [-0.2, 0) is 6.54 Å². The van der Waals surface area contributed by atoms with E-state index >= 15 is 0 Å². The maximum absolute atomic E-state index is 7.57. The lowest BCUT2D eigenvalue weighted by Crippen LogP contribution is -2.25. The van der Waals surface area contributed by atoms with Gasteiger partial charge in [-0.3, -0.25) is 5.41 Å². The number of nitrogens with zero attached hydrogens (tertiary/aromatic N) is 1. The number of hydrogen-bond donors (Lipinski definition) is 2. The van der Waals surface area contributed by atoms with E-state index < -0.39 is 0 Å². The van der Waals surface area contributed by atoms with Crippen molar-refractivity contribution in [1.29, 1.82) is 5.41 Å². The van der Waals surface area contributed by atoms with Crippen LogP contribution in [0, 0.1) is 12.3 Å². The van der Waals surface area contributed by atoms with E-state index in [1.54, 1.807) is 11.3 Å². The highest BCUT2D eigenvalue weighted by atomic mass is 32.1. The summed E-state index contributed by atoms with van der Waals surface area (Å²) < 4.78 is 0. The van der Waals surface area contributed by atoms with Crippen LogP contribution in [0.2, 0.25) is 0 Å². The molecule has 3 nitrogen and oxygen atoms in total. The lowest BCUT2D eigenvalue weighted by Gasteiger charge is -2.25. The van der Waals surface area contributed by atoms with Gasteiger partial charge in [-0.25, -0.2) is 0 Å². The Morgan fingerprint density at radius 1 is 1.40 bits per heavy atom. The van der Waals surface area contributed by atoms with Crippen molar-refractivity contribution in [3.05, 3.63) is 51.7 Å². The molecule has 0 saturated heterocycles. The molecule has 0 spiro atoms. The fourth-order valence-corrected chi connectivity index (χ4v) is 3.19. The standard InChI is InChI=1S/C16H19N3S/c1-11-8-14(4-5-15(11)16(17)18)19(13-2-3-13)9-12-6-7-20-10-12/h4-8,10,13H,2-3,9H2,1H3,(H3,17,18). The molecule has 20 heavy (non-hydrogen) atoms. The van der Waals surface area contributed by atoms with E-state index in [9.17, 15) is 0 Å². The Morgan fingerprint density at radius 2 is 2.20 bits per heavy atom. The molecule has 0 bridgehead atoms. The van der Waals surface area contributed by atoms with Crippen molar-refractivity contribution in [2.24, 2.45) is 5.73 Å². The number of rotatable bonds is 5. The smallest absolute Gasteiger partial charge is 0.123 e. The Balaban J connectivity index is 1.88. The summed E-state index contributed by atoms with van der Waals surface area (Å²) in [6.07, 6.45) is 2.55. The van der Waals surface area contributed by atoms with E-state index in [4.69, 9.17) is 11.1 Å². The molecule has 3 rings (SSSR count). The van der Waals surface area contributed by atoms with Crippen molar-refractivity contribution in [2.45, 2.75) is 32.4 Å². The number of nitrogens with two attached hydrogens (primary N) is 1. The number of nitrogens with one attached hydrogen (secondary N) is 1. The minimum Gasteiger partial charge on any atom is -0.384 e. The minimum atomic E-state index is 0.143. The maximum atomic E-state index is 7.57. The summed E-state index contributed by atoms with van der Waals surface area (Å²) in [6.45, 7) is 2.99. The summed E-state index contributed by atoms with van der Waals surface area (Å²) >= 11 is 1.75. The van der Waals surface area contributed by atoms with Crippen molar-refractivity contribution in [3.8, 4) is 0 Å². The summed E-state index contributed by atoms with van der Waals surface area (Å²) in [7, 11) is 0. The van der Waals surface area contributed by atoms with Gasteiger partial charge in [0, 0.05) is 23.8 Å². The molecule has 2 aromatic rings. The average Bonchev–Trinajstić information content (AvgIpc) is 3.12. The van der Waals surface area contributed by atoms with Crippen LogP contribution in [0.5, 0.6) is 0 Å². The first kappa shape index (κ1) is 13.2. The molecule has 0 radical (unpaired) electrons. The number of amidine groups is 1. The average molecular weight is 285 g/mol. The normalized spacial score (nSPS) is 14.2. The van der Waals surface area contributed by atoms with Crippen LogP contribution in [-0.4, -0.2) is 11.9 Å². The molecular weight excluding hydrogens is 266 g/mol. The molecule has 1 aromatic heterocycles. The van der Waals surface area contributed by atoms with Gasteiger partial charge in [0.1, 0.15) is 5.84 Å². The summed E-state index contributed by atoms with van der Waals surface area (Å²) in [5.74, 6) is 0.143. The number of anilines is 1. The quantitative estimate of drug-likeness (QED) is 0.652. The highest BCUT2D eigenvalue weighted by Crippen LogP contribution is 2.34. The second kappa shape index (κ2) is 5.29. The lowest BCUT2D eigenvalue weighted by atomic mass is 10.1. The molecule has 4 heteroatoms. The highest BCUT2D eigenvalue weighted by Gasteiger charge is 2.29. The Labute approximate surface area is 123 Å². The highest BCUT2D eigenvalue weighted by molar-refractivity contribution is 7.07. The van der Waals surface area contributed by atoms with Gasteiger partial charge in [0.15, 0.2) is 0 Å². The molecule has 0 aliphatic heterocycles. The molecule has 0 unspecified atom stereocenters. The summed E-state index contributed by atoms with van der Waals surface area (Å²) in [6, 6.07) is 9.07. The second-order valence-electron chi connectivity index (χ2n) is 5.40. The van der Waals surface area contributed by atoms with Gasteiger partial charge in [-0.1, -0.05) is 0 Å². The van der Waals surface area contributed by atoms with Crippen LogP contribution < -0.4 is 10.6 Å². The van der Waals surface area contributed by atoms with Crippen LogP contribution >= 0.6 is 11.3 Å². The van der Waals surface area contributed by atoms with Crippen molar-refractivity contribution >= 4 is 22.9 Å². The van der Waals surface area contributed by atoms with Gasteiger partial charge in [-0.05, 0) is 65.9 Å². The van der Waals surface area contributed by atoms with E-state index in [0.29, 0.717) is 6.04 Å². The molecule has 0 atom stereocenters. The van der Waals surface area contributed by atoms with Crippen LogP contribution in [0.25, 0.3) is 0 Å². The molecular formula is C16H19N3S. The van der Waals surface area contributed by atoms with E-state index in [1.165, 1.54) is 24.1 Å². The van der Waals surface area contributed by atoms with E-state index in [-0.39, 0.29) is 5.84 Å².